The van der Waals surface area contributed by atoms with Crippen LogP contribution < -0.4 is 5.73 Å². The summed E-state index contributed by atoms with van der Waals surface area (Å²) in [6.45, 7) is 0. The molecule has 1 heterocycles. The molecule has 0 aliphatic rings. The fraction of sp³-hybridized carbons (Fsp3) is 0. The standard InChI is InChI=1S/C13H8ClF2N5/c14-12-6-9(17)1-2-11(12)13-18-19-20-21(13)10-4-7(15)3-8(16)5-10/h1-6H,17H2. The number of halogens is 3. The molecule has 0 aliphatic carbocycles. The summed E-state index contributed by atoms with van der Waals surface area (Å²) in [5.41, 5.74) is 6.77. The Labute approximate surface area is 123 Å². The van der Waals surface area contributed by atoms with E-state index in [2.05, 4.69) is 15.5 Å². The van der Waals surface area contributed by atoms with Crippen LogP contribution in [0.15, 0.2) is 36.4 Å². The third-order valence-electron chi connectivity index (χ3n) is 2.80. The van der Waals surface area contributed by atoms with Gasteiger partial charge in [0.25, 0.3) is 0 Å². The first-order valence-electron chi connectivity index (χ1n) is 5.85. The van der Waals surface area contributed by atoms with Crippen molar-refractivity contribution in [3.8, 4) is 17.1 Å². The van der Waals surface area contributed by atoms with Gasteiger partial charge in [-0.1, -0.05) is 11.6 Å². The van der Waals surface area contributed by atoms with Crippen molar-refractivity contribution in [3.63, 3.8) is 0 Å². The van der Waals surface area contributed by atoms with Crippen molar-refractivity contribution in [1.29, 1.82) is 0 Å². The quantitative estimate of drug-likeness (QED) is 0.739. The second-order valence-electron chi connectivity index (χ2n) is 4.28. The van der Waals surface area contributed by atoms with Gasteiger partial charge in [0.15, 0.2) is 5.82 Å². The molecule has 0 aliphatic heterocycles. The van der Waals surface area contributed by atoms with Gasteiger partial charge >= 0.3 is 0 Å². The summed E-state index contributed by atoms with van der Waals surface area (Å²) in [7, 11) is 0. The molecule has 5 nitrogen and oxygen atoms in total. The lowest BCUT2D eigenvalue weighted by molar-refractivity contribution is 0.579. The minimum absolute atomic E-state index is 0.153. The molecule has 2 aromatic carbocycles. The van der Waals surface area contributed by atoms with Crippen LogP contribution in [0.3, 0.4) is 0 Å². The van der Waals surface area contributed by atoms with Gasteiger partial charge < -0.3 is 5.73 Å². The number of hydrogen-bond acceptors (Lipinski definition) is 4. The van der Waals surface area contributed by atoms with Gasteiger partial charge in [-0.25, -0.2) is 8.78 Å². The number of anilines is 1. The number of rotatable bonds is 2. The highest BCUT2D eigenvalue weighted by molar-refractivity contribution is 6.33. The fourth-order valence-corrected chi connectivity index (χ4v) is 2.18. The van der Waals surface area contributed by atoms with E-state index in [0.29, 0.717) is 16.3 Å². The largest absolute Gasteiger partial charge is 0.399 e. The molecular formula is C13H8ClF2N5. The summed E-state index contributed by atoms with van der Waals surface area (Å²) in [4.78, 5) is 0. The van der Waals surface area contributed by atoms with Gasteiger partial charge in [0.05, 0.1) is 10.7 Å². The Morgan fingerprint density at radius 3 is 2.43 bits per heavy atom. The summed E-state index contributed by atoms with van der Waals surface area (Å²) < 4.78 is 27.8. The van der Waals surface area contributed by atoms with Crippen molar-refractivity contribution in [1.82, 2.24) is 20.2 Å². The Morgan fingerprint density at radius 2 is 1.76 bits per heavy atom. The molecule has 0 saturated carbocycles. The highest BCUT2D eigenvalue weighted by atomic mass is 35.5. The highest BCUT2D eigenvalue weighted by Crippen LogP contribution is 2.29. The average molecular weight is 308 g/mol. The van der Waals surface area contributed by atoms with Crippen LogP contribution in [0.2, 0.25) is 5.02 Å². The number of aromatic nitrogens is 4. The van der Waals surface area contributed by atoms with E-state index in [1.807, 2.05) is 0 Å². The van der Waals surface area contributed by atoms with E-state index in [4.69, 9.17) is 17.3 Å². The molecule has 0 unspecified atom stereocenters. The molecule has 0 saturated heterocycles. The Kier molecular flexibility index (Phi) is 3.26. The van der Waals surface area contributed by atoms with Crippen molar-refractivity contribution < 1.29 is 8.78 Å². The second kappa shape index (κ2) is 5.10. The Hall–Kier alpha value is -2.54. The van der Waals surface area contributed by atoms with Crippen molar-refractivity contribution in [2.75, 3.05) is 5.73 Å². The first-order valence-corrected chi connectivity index (χ1v) is 6.22. The first-order chi connectivity index (χ1) is 10.0. The number of nitrogens with zero attached hydrogens (tertiary/aromatic N) is 4. The van der Waals surface area contributed by atoms with Gasteiger partial charge in [0.2, 0.25) is 0 Å². The maximum atomic E-state index is 13.3. The van der Waals surface area contributed by atoms with Crippen LogP contribution in [0, 0.1) is 11.6 Å². The lowest BCUT2D eigenvalue weighted by Crippen LogP contribution is -2.02. The summed E-state index contributed by atoms with van der Waals surface area (Å²) in [6.07, 6.45) is 0. The van der Waals surface area contributed by atoms with E-state index in [9.17, 15) is 8.78 Å². The summed E-state index contributed by atoms with van der Waals surface area (Å²) in [6, 6.07) is 7.82. The predicted octanol–water partition coefficient (Wildman–Crippen LogP) is 2.84. The lowest BCUT2D eigenvalue weighted by Gasteiger charge is -2.07. The lowest BCUT2D eigenvalue weighted by atomic mass is 10.2. The summed E-state index contributed by atoms with van der Waals surface area (Å²) in [5, 5.41) is 11.4. The van der Waals surface area contributed by atoms with Crippen LogP contribution in [0.1, 0.15) is 0 Å². The van der Waals surface area contributed by atoms with Crippen molar-refractivity contribution in [2.24, 2.45) is 0 Å². The maximum absolute atomic E-state index is 13.3. The van der Waals surface area contributed by atoms with E-state index in [1.54, 1.807) is 18.2 Å². The van der Waals surface area contributed by atoms with Gasteiger partial charge in [-0.05, 0) is 40.8 Å². The van der Waals surface area contributed by atoms with Crippen molar-refractivity contribution in [2.45, 2.75) is 0 Å². The maximum Gasteiger partial charge on any atom is 0.188 e. The predicted molar refractivity (Wildman–Crippen MR) is 73.9 cm³/mol. The van der Waals surface area contributed by atoms with Gasteiger partial charge in [-0.15, -0.1) is 5.10 Å². The molecule has 0 fully saturated rings. The number of nitrogens with two attached hydrogens (primary N) is 1. The molecule has 0 atom stereocenters. The molecule has 0 radical (unpaired) electrons. The SMILES string of the molecule is Nc1ccc(-c2nnnn2-c2cc(F)cc(F)c2)c(Cl)c1. The van der Waals surface area contributed by atoms with Gasteiger partial charge in [-0.2, -0.15) is 4.68 Å². The third-order valence-corrected chi connectivity index (χ3v) is 3.11. The van der Waals surface area contributed by atoms with Crippen molar-refractivity contribution >= 4 is 17.3 Å². The van der Waals surface area contributed by atoms with Crippen LogP contribution >= 0.6 is 11.6 Å². The van der Waals surface area contributed by atoms with Gasteiger partial charge in [-0.3, -0.25) is 0 Å². The zero-order valence-electron chi connectivity index (χ0n) is 10.5. The molecule has 8 heteroatoms. The van der Waals surface area contributed by atoms with Crippen LogP contribution in [0.25, 0.3) is 17.1 Å². The molecule has 2 N–H and O–H groups in total. The van der Waals surface area contributed by atoms with E-state index >= 15 is 0 Å². The van der Waals surface area contributed by atoms with Crippen LogP contribution in [-0.2, 0) is 0 Å². The highest BCUT2D eigenvalue weighted by Gasteiger charge is 2.15. The third kappa shape index (κ3) is 2.55. The normalized spacial score (nSPS) is 10.8. The molecule has 3 aromatic rings. The Bertz CT molecular complexity index is 798. The van der Waals surface area contributed by atoms with Crippen LogP contribution in [0.4, 0.5) is 14.5 Å². The number of hydrogen-bond donors (Lipinski definition) is 1. The zero-order valence-corrected chi connectivity index (χ0v) is 11.2. The van der Waals surface area contributed by atoms with Gasteiger partial charge in [0.1, 0.15) is 11.6 Å². The molecule has 0 amide bonds. The topological polar surface area (TPSA) is 69.6 Å². The summed E-state index contributed by atoms with van der Waals surface area (Å²) in [5.74, 6) is -1.20. The van der Waals surface area contributed by atoms with Crippen LogP contribution in [0.5, 0.6) is 0 Å². The Morgan fingerprint density at radius 1 is 1.05 bits per heavy atom. The van der Waals surface area contributed by atoms with Gasteiger partial charge in [0, 0.05) is 17.3 Å². The molecule has 3 rings (SSSR count). The zero-order chi connectivity index (χ0) is 15.0. The Balaban J connectivity index is 2.17. The van der Waals surface area contributed by atoms with E-state index in [-0.39, 0.29) is 11.5 Å². The fourth-order valence-electron chi connectivity index (χ4n) is 1.90. The molecule has 21 heavy (non-hydrogen) atoms. The van der Waals surface area contributed by atoms with E-state index in [1.165, 1.54) is 4.68 Å². The smallest absolute Gasteiger partial charge is 0.188 e. The number of benzene rings is 2. The molecule has 0 bridgehead atoms. The minimum atomic E-state index is -0.727. The number of tetrazole rings is 1. The monoisotopic (exact) mass is 307 g/mol. The molecule has 1 aromatic heterocycles. The second-order valence-corrected chi connectivity index (χ2v) is 4.69. The minimum Gasteiger partial charge on any atom is -0.399 e. The average Bonchev–Trinajstić information content (AvgIpc) is 2.86. The van der Waals surface area contributed by atoms with E-state index in [0.717, 1.165) is 18.2 Å². The van der Waals surface area contributed by atoms with Crippen LogP contribution in [-0.4, -0.2) is 20.2 Å². The summed E-state index contributed by atoms with van der Waals surface area (Å²) >= 11 is 6.11. The van der Waals surface area contributed by atoms with E-state index < -0.39 is 11.6 Å². The molecular weight excluding hydrogens is 300 g/mol. The first kappa shape index (κ1) is 13.4. The molecule has 106 valence electrons. The van der Waals surface area contributed by atoms with Crippen molar-refractivity contribution in [3.05, 3.63) is 53.1 Å². The number of nitrogen functional groups attached to an aromatic ring is 1. The molecule has 0 spiro atoms.